The summed E-state index contributed by atoms with van der Waals surface area (Å²) in [6, 6.07) is 0. The lowest BCUT2D eigenvalue weighted by molar-refractivity contribution is -0.0935. The topological polar surface area (TPSA) is 47.3 Å². The standard InChI is InChI=1S/C12H22N2O2/c1-6-16-10(12(2,3)4)9(15)11-13-7-8-14(11)5/h7-10,15H,6H2,1-5H3. The van der Waals surface area contributed by atoms with E-state index >= 15 is 0 Å². The van der Waals surface area contributed by atoms with Gasteiger partial charge >= 0.3 is 0 Å². The molecule has 4 heteroatoms. The number of ether oxygens (including phenoxy) is 1. The third-order valence-electron chi connectivity index (χ3n) is 2.61. The van der Waals surface area contributed by atoms with Crippen LogP contribution in [0.3, 0.4) is 0 Å². The summed E-state index contributed by atoms with van der Waals surface area (Å²) in [5.41, 5.74) is -0.124. The van der Waals surface area contributed by atoms with Gasteiger partial charge in [-0.15, -0.1) is 0 Å². The van der Waals surface area contributed by atoms with Gasteiger partial charge in [0.1, 0.15) is 11.9 Å². The first kappa shape index (κ1) is 13.2. The van der Waals surface area contributed by atoms with Crippen molar-refractivity contribution in [1.29, 1.82) is 0 Å². The van der Waals surface area contributed by atoms with Gasteiger partial charge in [-0.05, 0) is 12.3 Å². The first-order valence-electron chi connectivity index (χ1n) is 5.64. The molecule has 0 amide bonds. The van der Waals surface area contributed by atoms with Gasteiger partial charge in [0, 0.05) is 26.0 Å². The van der Waals surface area contributed by atoms with E-state index < -0.39 is 6.10 Å². The first-order chi connectivity index (χ1) is 7.38. The van der Waals surface area contributed by atoms with Crippen molar-refractivity contribution >= 4 is 0 Å². The van der Waals surface area contributed by atoms with Gasteiger partial charge in [-0.2, -0.15) is 0 Å². The van der Waals surface area contributed by atoms with Crippen LogP contribution >= 0.6 is 0 Å². The van der Waals surface area contributed by atoms with E-state index in [4.69, 9.17) is 4.74 Å². The summed E-state index contributed by atoms with van der Waals surface area (Å²) in [5.74, 6) is 0.647. The SMILES string of the molecule is CCOC(C(O)c1nccn1C)C(C)(C)C. The fourth-order valence-corrected chi connectivity index (χ4v) is 1.79. The highest BCUT2D eigenvalue weighted by Crippen LogP contribution is 2.31. The van der Waals surface area contributed by atoms with E-state index in [0.717, 1.165) is 0 Å². The Hall–Kier alpha value is -0.870. The predicted octanol–water partition coefficient (Wildman–Crippen LogP) is 1.90. The van der Waals surface area contributed by atoms with Gasteiger partial charge in [0.05, 0.1) is 6.10 Å². The molecule has 2 unspecified atom stereocenters. The molecule has 0 saturated carbocycles. The van der Waals surface area contributed by atoms with E-state index in [-0.39, 0.29) is 11.5 Å². The molecule has 0 aromatic carbocycles. The van der Waals surface area contributed by atoms with Crippen molar-refractivity contribution in [1.82, 2.24) is 9.55 Å². The molecule has 0 saturated heterocycles. The van der Waals surface area contributed by atoms with Crippen molar-refractivity contribution in [2.45, 2.75) is 39.9 Å². The van der Waals surface area contributed by atoms with Crippen LogP contribution in [-0.2, 0) is 11.8 Å². The Balaban J connectivity index is 2.92. The summed E-state index contributed by atoms with van der Waals surface area (Å²) in [6.07, 6.45) is 2.56. The number of rotatable bonds is 4. The largest absolute Gasteiger partial charge is 0.382 e. The minimum absolute atomic E-state index is 0.124. The summed E-state index contributed by atoms with van der Waals surface area (Å²) < 4.78 is 7.47. The number of aryl methyl sites for hydroxylation is 1. The molecule has 4 nitrogen and oxygen atoms in total. The third kappa shape index (κ3) is 2.83. The number of aliphatic hydroxyl groups excluding tert-OH is 1. The summed E-state index contributed by atoms with van der Waals surface area (Å²) in [4.78, 5) is 4.17. The quantitative estimate of drug-likeness (QED) is 0.853. The molecular formula is C12H22N2O2. The van der Waals surface area contributed by atoms with Crippen LogP contribution in [0.4, 0.5) is 0 Å². The number of imidazole rings is 1. The lowest BCUT2D eigenvalue weighted by Crippen LogP contribution is -2.36. The van der Waals surface area contributed by atoms with E-state index in [1.807, 2.05) is 24.7 Å². The summed E-state index contributed by atoms with van der Waals surface area (Å²) in [5, 5.41) is 10.3. The maximum absolute atomic E-state index is 10.3. The van der Waals surface area contributed by atoms with Gasteiger partial charge in [-0.1, -0.05) is 20.8 Å². The summed E-state index contributed by atoms with van der Waals surface area (Å²) >= 11 is 0. The average molecular weight is 226 g/mol. The zero-order valence-corrected chi connectivity index (χ0v) is 10.8. The molecule has 1 N–H and O–H groups in total. The predicted molar refractivity (Wildman–Crippen MR) is 63.0 cm³/mol. The van der Waals surface area contributed by atoms with Crippen LogP contribution in [0.25, 0.3) is 0 Å². The molecule has 0 aliphatic rings. The lowest BCUT2D eigenvalue weighted by atomic mass is 9.85. The van der Waals surface area contributed by atoms with E-state index in [0.29, 0.717) is 12.4 Å². The first-order valence-corrected chi connectivity index (χ1v) is 5.64. The molecule has 1 rings (SSSR count). The van der Waals surface area contributed by atoms with E-state index in [9.17, 15) is 5.11 Å². The maximum Gasteiger partial charge on any atom is 0.140 e. The number of hydrogen-bond acceptors (Lipinski definition) is 3. The second kappa shape index (κ2) is 4.97. The van der Waals surface area contributed by atoms with Gasteiger partial charge in [0.2, 0.25) is 0 Å². The average Bonchev–Trinajstić information content (AvgIpc) is 2.58. The van der Waals surface area contributed by atoms with E-state index in [2.05, 4.69) is 25.8 Å². The second-order valence-corrected chi connectivity index (χ2v) is 5.08. The van der Waals surface area contributed by atoms with Crippen LogP contribution in [0.15, 0.2) is 12.4 Å². The van der Waals surface area contributed by atoms with Crippen LogP contribution in [0, 0.1) is 5.41 Å². The van der Waals surface area contributed by atoms with Crippen LogP contribution in [0.5, 0.6) is 0 Å². The molecule has 0 aliphatic carbocycles. The van der Waals surface area contributed by atoms with Gasteiger partial charge in [-0.3, -0.25) is 0 Å². The Labute approximate surface area is 97.3 Å². The summed E-state index contributed by atoms with van der Waals surface area (Å²) in [6.45, 7) is 8.69. The zero-order valence-electron chi connectivity index (χ0n) is 10.8. The van der Waals surface area contributed by atoms with Gasteiger partial charge < -0.3 is 14.4 Å². The molecular weight excluding hydrogens is 204 g/mol. The minimum Gasteiger partial charge on any atom is -0.382 e. The molecule has 1 aromatic rings. The van der Waals surface area contributed by atoms with Gasteiger partial charge in [0.25, 0.3) is 0 Å². The van der Waals surface area contributed by atoms with Crippen molar-refractivity contribution in [3.63, 3.8) is 0 Å². The number of aromatic nitrogens is 2. The van der Waals surface area contributed by atoms with Crippen molar-refractivity contribution in [3.8, 4) is 0 Å². The second-order valence-electron chi connectivity index (χ2n) is 5.08. The minimum atomic E-state index is -0.694. The molecule has 0 bridgehead atoms. The Morgan fingerprint density at radius 2 is 2.12 bits per heavy atom. The Morgan fingerprint density at radius 1 is 1.50 bits per heavy atom. The van der Waals surface area contributed by atoms with Crippen molar-refractivity contribution < 1.29 is 9.84 Å². The molecule has 0 fully saturated rings. The highest BCUT2D eigenvalue weighted by atomic mass is 16.5. The Bertz CT molecular complexity index is 328. The highest BCUT2D eigenvalue weighted by molar-refractivity contribution is 5.00. The van der Waals surface area contributed by atoms with Crippen LogP contribution in [0.2, 0.25) is 0 Å². The monoisotopic (exact) mass is 226 g/mol. The smallest absolute Gasteiger partial charge is 0.140 e. The molecule has 0 radical (unpaired) electrons. The van der Waals surface area contributed by atoms with E-state index in [1.165, 1.54) is 0 Å². The number of hydrogen-bond donors (Lipinski definition) is 1. The van der Waals surface area contributed by atoms with E-state index in [1.54, 1.807) is 6.20 Å². The number of aliphatic hydroxyl groups is 1. The van der Waals surface area contributed by atoms with Crippen molar-refractivity contribution in [2.24, 2.45) is 12.5 Å². The van der Waals surface area contributed by atoms with Crippen LogP contribution < -0.4 is 0 Å². The van der Waals surface area contributed by atoms with Crippen molar-refractivity contribution in [3.05, 3.63) is 18.2 Å². The molecule has 1 heterocycles. The molecule has 92 valence electrons. The molecule has 0 aliphatic heterocycles. The fraction of sp³-hybridized carbons (Fsp3) is 0.750. The third-order valence-corrected chi connectivity index (χ3v) is 2.61. The molecule has 16 heavy (non-hydrogen) atoms. The highest BCUT2D eigenvalue weighted by Gasteiger charge is 2.34. The maximum atomic E-state index is 10.3. The van der Waals surface area contributed by atoms with Gasteiger partial charge in [-0.25, -0.2) is 4.98 Å². The van der Waals surface area contributed by atoms with Crippen molar-refractivity contribution in [2.75, 3.05) is 6.61 Å². The Kier molecular flexibility index (Phi) is 4.10. The fourth-order valence-electron chi connectivity index (χ4n) is 1.79. The van der Waals surface area contributed by atoms with Crippen LogP contribution in [0.1, 0.15) is 39.6 Å². The number of nitrogens with zero attached hydrogens (tertiary/aromatic N) is 2. The van der Waals surface area contributed by atoms with Gasteiger partial charge in [0.15, 0.2) is 0 Å². The normalized spacial score (nSPS) is 16.1. The molecule has 0 spiro atoms. The lowest BCUT2D eigenvalue weighted by Gasteiger charge is -2.33. The summed E-state index contributed by atoms with van der Waals surface area (Å²) in [7, 11) is 1.87. The zero-order chi connectivity index (χ0) is 12.3. The van der Waals surface area contributed by atoms with Crippen LogP contribution in [-0.4, -0.2) is 27.4 Å². The molecule has 2 atom stereocenters. The molecule has 1 aromatic heterocycles. The Morgan fingerprint density at radius 3 is 2.50 bits per heavy atom.